The summed E-state index contributed by atoms with van der Waals surface area (Å²) in [6.07, 6.45) is 1.33. The van der Waals surface area contributed by atoms with E-state index in [0.29, 0.717) is 41.4 Å². The number of nitrogens with zero attached hydrogens (tertiary/aromatic N) is 3. The second-order valence-corrected chi connectivity index (χ2v) is 9.31. The number of rotatable bonds is 3. The molecule has 1 amide bonds. The van der Waals surface area contributed by atoms with Gasteiger partial charge in [-0.05, 0) is 56.4 Å². The molecule has 0 aromatic carbocycles. The van der Waals surface area contributed by atoms with Gasteiger partial charge in [0.2, 0.25) is 5.91 Å². The third kappa shape index (κ3) is 3.97. The number of thiophene rings is 1. The molecule has 2 aromatic heterocycles. The monoisotopic (exact) mass is 436 g/mol. The van der Waals surface area contributed by atoms with Crippen LogP contribution in [0, 0.1) is 17.2 Å². The molecule has 2 heterocycles. The summed E-state index contributed by atoms with van der Waals surface area (Å²) >= 11 is 1.41. The molecule has 2 aliphatic carbocycles. The molecular formula is C21H23F3N4OS. The Morgan fingerprint density at radius 3 is 2.77 bits per heavy atom. The Kier molecular flexibility index (Phi) is 5.62. The van der Waals surface area contributed by atoms with Crippen LogP contribution in [0.15, 0.2) is 0 Å². The highest BCUT2D eigenvalue weighted by molar-refractivity contribution is 7.16. The summed E-state index contributed by atoms with van der Waals surface area (Å²) in [6.45, 7) is 1.87. The fraction of sp³-hybridized carbons (Fsp3) is 0.571. The largest absolute Gasteiger partial charge is 0.435 e. The lowest BCUT2D eigenvalue weighted by atomic mass is 9.89. The lowest BCUT2D eigenvalue weighted by Crippen LogP contribution is -2.21. The smallest absolute Gasteiger partial charge is 0.315 e. The Hall–Kier alpha value is -2.34. The molecule has 1 atom stereocenters. The van der Waals surface area contributed by atoms with Crippen LogP contribution in [0.4, 0.5) is 18.2 Å². The van der Waals surface area contributed by atoms with Crippen LogP contribution in [0.2, 0.25) is 0 Å². The molecule has 0 unspecified atom stereocenters. The number of anilines is 1. The fourth-order valence-electron chi connectivity index (χ4n) is 4.47. The number of hydrogen-bond donors (Lipinski definition) is 1. The van der Waals surface area contributed by atoms with Gasteiger partial charge in [0.15, 0.2) is 5.69 Å². The summed E-state index contributed by atoms with van der Waals surface area (Å²) < 4.78 is 41.6. The maximum Gasteiger partial charge on any atom is 0.435 e. The van der Waals surface area contributed by atoms with Gasteiger partial charge in [-0.1, -0.05) is 13.3 Å². The number of aromatic nitrogens is 2. The molecule has 0 radical (unpaired) electrons. The maximum absolute atomic E-state index is 13.5. The molecule has 30 heavy (non-hydrogen) atoms. The molecule has 0 fully saturated rings. The van der Waals surface area contributed by atoms with Gasteiger partial charge in [-0.25, -0.2) is 0 Å². The number of carbonyl (C=O) groups is 1. The summed E-state index contributed by atoms with van der Waals surface area (Å²) in [5.74, 6) is 0.0768. The maximum atomic E-state index is 13.5. The van der Waals surface area contributed by atoms with E-state index in [2.05, 4.69) is 23.4 Å². The second-order valence-electron chi connectivity index (χ2n) is 8.21. The average Bonchev–Trinajstić information content (AvgIpc) is 3.07. The van der Waals surface area contributed by atoms with Crippen molar-refractivity contribution < 1.29 is 18.0 Å². The first-order chi connectivity index (χ1) is 14.3. The van der Waals surface area contributed by atoms with E-state index >= 15 is 0 Å². The topological polar surface area (TPSA) is 70.7 Å². The van der Waals surface area contributed by atoms with Crippen LogP contribution in [0.5, 0.6) is 0 Å². The van der Waals surface area contributed by atoms with Gasteiger partial charge >= 0.3 is 6.18 Å². The van der Waals surface area contributed by atoms with E-state index in [0.717, 1.165) is 42.5 Å². The standard InChI is InChI=1S/C21H23F3N4OS/c1-12-7-8-13-15(10-25)20(30-17(13)9-12)26-18(29)11-28-16-6-4-2-3-5-14(16)19(27-28)21(22,23)24/h12H,2-9,11H2,1H3,(H,26,29)/t12-/m0/s1. The molecule has 0 bridgehead atoms. The summed E-state index contributed by atoms with van der Waals surface area (Å²) in [5.41, 5.74) is 1.36. The van der Waals surface area contributed by atoms with Gasteiger partial charge in [0.25, 0.3) is 0 Å². The lowest BCUT2D eigenvalue weighted by molar-refractivity contribution is -0.142. The van der Waals surface area contributed by atoms with Gasteiger partial charge < -0.3 is 5.32 Å². The van der Waals surface area contributed by atoms with Crippen molar-refractivity contribution >= 4 is 22.2 Å². The predicted molar refractivity (Wildman–Crippen MR) is 107 cm³/mol. The van der Waals surface area contributed by atoms with Crippen molar-refractivity contribution in [3.05, 3.63) is 33.0 Å². The van der Waals surface area contributed by atoms with Crippen LogP contribution < -0.4 is 5.32 Å². The first-order valence-electron chi connectivity index (χ1n) is 10.3. The Morgan fingerprint density at radius 1 is 1.27 bits per heavy atom. The number of nitrogens with one attached hydrogen (secondary N) is 1. The molecule has 1 N–H and O–H groups in total. The van der Waals surface area contributed by atoms with Crippen LogP contribution >= 0.6 is 11.3 Å². The first-order valence-corrected chi connectivity index (χ1v) is 11.1. The Morgan fingerprint density at radius 2 is 2.03 bits per heavy atom. The highest BCUT2D eigenvalue weighted by atomic mass is 32.1. The van der Waals surface area contributed by atoms with E-state index < -0.39 is 17.8 Å². The van der Waals surface area contributed by atoms with E-state index in [4.69, 9.17) is 0 Å². The highest BCUT2D eigenvalue weighted by Crippen LogP contribution is 2.39. The molecule has 2 aromatic rings. The third-order valence-electron chi connectivity index (χ3n) is 5.95. The Balaban J connectivity index is 1.58. The van der Waals surface area contributed by atoms with Gasteiger partial charge in [0.1, 0.15) is 17.6 Å². The predicted octanol–water partition coefficient (Wildman–Crippen LogP) is 4.87. The van der Waals surface area contributed by atoms with Crippen molar-refractivity contribution in [2.75, 3.05) is 5.32 Å². The Bertz CT molecular complexity index is 1020. The molecule has 0 saturated carbocycles. The Labute approximate surface area is 176 Å². The van der Waals surface area contributed by atoms with E-state index in [9.17, 15) is 23.2 Å². The van der Waals surface area contributed by atoms with Crippen LogP contribution in [0.25, 0.3) is 0 Å². The molecular weight excluding hydrogens is 413 g/mol. The molecule has 4 rings (SSSR count). The average molecular weight is 437 g/mol. The molecule has 2 aliphatic rings. The van der Waals surface area contributed by atoms with E-state index in [1.165, 1.54) is 16.0 Å². The summed E-state index contributed by atoms with van der Waals surface area (Å²) in [5, 5.41) is 16.6. The summed E-state index contributed by atoms with van der Waals surface area (Å²) in [7, 11) is 0. The fourth-order valence-corrected chi connectivity index (χ4v) is 5.84. The molecule has 160 valence electrons. The van der Waals surface area contributed by atoms with Crippen molar-refractivity contribution in [3.63, 3.8) is 0 Å². The molecule has 9 heteroatoms. The van der Waals surface area contributed by atoms with E-state index in [1.807, 2.05) is 0 Å². The van der Waals surface area contributed by atoms with Crippen molar-refractivity contribution in [2.24, 2.45) is 5.92 Å². The highest BCUT2D eigenvalue weighted by Gasteiger charge is 2.39. The third-order valence-corrected chi connectivity index (χ3v) is 7.11. The molecule has 5 nitrogen and oxygen atoms in total. The molecule has 0 spiro atoms. The number of amides is 1. The van der Waals surface area contributed by atoms with Crippen molar-refractivity contribution in [3.8, 4) is 6.07 Å². The molecule has 0 aliphatic heterocycles. The minimum absolute atomic E-state index is 0.228. The van der Waals surface area contributed by atoms with Gasteiger partial charge in [-0.3, -0.25) is 9.48 Å². The normalized spacial score (nSPS) is 18.8. The number of nitriles is 1. The van der Waals surface area contributed by atoms with Crippen LogP contribution in [0.3, 0.4) is 0 Å². The number of alkyl halides is 3. The number of halogens is 3. The number of carbonyl (C=O) groups excluding carboxylic acids is 1. The number of fused-ring (bicyclic) bond motifs is 2. The van der Waals surface area contributed by atoms with Crippen molar-refractivity contribution in [1.29, 1.82) is 5.26 Å². The zero-order valence-corrected chi connectivity index (χ0v) is 17.5. The zero-order chi connectivity index (χ0) is 21.5. The van der Waals surface area contributed by atoms with Gasteiger partial charge in [-0.2, -0.15) is 23.5 Å². The molecule has 0 saturated heterocycles. The van der Waals surface area contributed by atoms with Gasteiger partial charge in [-0.15, -0.1) is 11.3 Å². The SMILES string of the molecule is C[C@H]1CCc2c(sc(NC(=O)Cn3nc(C(F)(F)F)c4c3CCCCC4)c2C#N)C1. The van der Waals surface area contributed by atoms with Crippen molar-refractivity contribution in [2.45, 2.75) is 71.0 Å². The second kappa shape index (κ2) is 8.06. The van der Waals surface area contributed by atoms with E-state index in [1.54, 1.807) is 0 Å². The quantitative estimate of drug-likeness (QED) is 0.698. The summed E-state index contributed by atoms with van der Waals surface area (Å²) in [6, 6.07) is 2.19. The first kappa shape index (κ1) is 20.9. The zero-order valence-electron chi connectivity index (χ0n) is 16.7. The number of hydrogen-bond acceptors (Lipinski definition) is 4. The van der Waals surface area contributed by atoms with Crippen LogP contribution in [-0.4, -0.2) is 15.7 Å². The summed E-state index contributed by atoms with van der Waals surface area (Å²) in [4.78, 5) is 13.8. The van der Waals surface area contributed by atoms with Gasteiger partial charge in [0, 0.05) is 16.1 Å². The minimum atomic E-state index is -4.53. The minimum Gasteiger partial charge on any atom is -0.315 e. The van der Waals surface area contributed by atoms with Crippen LogP contribution in [0.1, 0.15) is 65.6 Å². The van der Waals surface area contributed by atoms with Gasteiger partial charge in [0.05, 0.1) is 5.56 Å². The van der Waals surface area contributed by atoms with Crippen LogP contribution in [-0.2, 0) is 43.2 Å². The lowest BCUT2D eigenvalue weighted by Gasteiger charge is -2.17. The van der Waals surface area contributed by atoms with Crippen molar-refractivity contribution in [1.82, 2.24) is 9.78 Å². The van der Waals surface area contributed by atoms with E-state index in [-0.39, 0.29) is 12.1 Å².